The molecule has 7 heteroatoms. The molecule has 28 heavy (non-hydrogen) atoms. The van der Waals surface area contributed by atoms with Crippen LogP contribution in [-0.2, 0) is 16.2 Å². The van der Waals surface area contributed by atoms with Gasteiger partial charge in [-0.15, -0.1) is 0 Å². The summed E-state index contributed by atoms with van der Waals surface area (Å²) in [6.45, 7) is 7.10. The molecular formula is C21H22N4O2S. The molecule has 0 bridgehead atoms. The minimum Gasteiger partial charge on any atom is -0.591 e. The summed E-state index contributed by atoms with van der Waals surface area (Å²) < 4.78 is 15.8. The highest BCUT2D eigenvalue weighted by atomic mass is 32.2. The van der Waals surface area contributed by atoms with Crippen molar-refractivity contribution in [3.8, 4) is 11.1 Å². The quantitative estimate of drug-likeness (QED) is 0.532. The van der Waals surface area contributed by atoms with Gasteiger partial charge in [0, 0.05) is 18.5 Å². The molecule has 0 aliphatic heterocycles. The van der Waals surface area contributed by atoms with Crippen LogP contribution in [-0.4, -0.2) is 31.4 Å². The summed E-state index contributed by atoms with van der Waals surface area (Å²) >= 11 is -1.31. The van der Waals surface area contributed by atoms with Crippen molar-refractivity contribution in [3.05, 3.63) is 54.4 Å². The molecule has 0 radical (unpaired) electrons. The van der Waals surface area contributed by atoms with Gasteiger partial charge in [-0.2, -0.15) is 0 Å². The molecule has 0 aliphatic rings. The van der Waals surface area contributed by atoms with Crippen LogP contribution in [0.1, 0.15) is 33.4 Å². The molecule has 1 N–H and O–H groups in total. The average Bonchev–Trinajstić information content (AvgIpc) is 2.64. The molecule has 1 aromatic carbocycles. The minimum absolute atomic E-state index is 0.158. The lowest BCUT2D eigenvalue weighted by molar-refractivity contribution is -0.114. The van der Waals surface area contributed by atoms with Crippen molar-refractivity contribution in [1.29, 1.82) is 0 Å². The van der Waals surface area contributed by atoms with Crippen LogP contribution in [0.2, 0.25) is 0 Å². The fourth-order valence-corrected chi connectivity index (χ4v) is 3.03. The molecule has 6 nitrogen and oxygen atoms in total. The fourth-order valence-electron chi connectivity index (χ4n) is 2.51. The molecule has 1 unspecified atom stereocenters. The van der Waals surface area contributed by atoms with E-state index in [2.05, 4.69) is 19.7 Å². The van der Waals surface area contributed by atoms with Gasteiger partial charge < -0.3 is 9.87 Å². The topological polar surface area (TPSA) is 90.3 Å². The first-order chi connectivity index (χ1) is 13.2. The number of fused-ring (bicyclic) bond motifs is 1. The normalized spacial score (nSPS) is 13.0. The van der Waals surface area contributed by atoms with Crippen LogP contribution in [0.3, 0.4) is 0 Å². The molecule has 0 spiro atoms. The van der Waals surface area contributed by atoms with Gasteiger partial charge in [0.2, 0.25) is 5.91 Å². The number of hydrogen-bond acceptors (Lipinski definition) is 5. The van der Waals surface area contributed by atoms with Crippen molar-refractivity contribution in [2.24, 2.45) is 4.40 Å². The molecule has 0 fully saturated rings. The lowest BCUT2D eigenvalue weighted by atomic mass is 10.0. The number of amides is 1. The first-order valence-corrected chi connectivity index (χ1v) is 9.94. The Morgan fingerprint density at radius 2 is 1.89 bits per heavy atom. The number of pyridine rings is 2. The predicted octanol–water partition coefficient (Wildman–Crippen LogP) is 4.14. The van der Waals surface area contributed by atoms with Crippen LogP contribution in [0.4, 0.5) is 5.82 Å². The Morgan fingerprint density at radius 1 is 1.14 bits per heavy atom. The second kappa shape index (κ2) is 8.08. The number of anilines is 1. The maximum atomic E-state index is 12.1. The summed E-state index contributed by atoms with van der Waals surface area (Å²) in [4.78, 5) is 19.9. The monoisotopic (exact) mass is 394 g/mol. The third kappa shape index (κ3) is 4.94. The van der Waals surface area contributed by atoms with E-state index >= 15 is 0 Å². The third-order valence-electron chi connectivity index (χ3n) is 3.91. The Morgan fingerprint density at radius 3 is 2.61 bits per heavy atom. The lowest BCUT2D eigenvalue weighted by Crippen LogP contribution is -2.25. The van der Waals surface area contributed by atoms with Gasteiger partial charge in [-0.25, -0.2) is 9.97 Å². The Hall–Kier alpha value is -2.77. The number of benzene rings is 1. The first-order valence-electron chi connectivity index (χ1n) is 8.83. The molecule has 2 aromatic heterocycles. The Balaban J connectivity index is 1.87. The van der Waals surface area contributed by atoms with E-state index in [1.807, 2.05) is 63.2 Å². The Labute approximate surface area is 167 Å². The molecule has 1 atom stereocenters. The number of carbonyl (C=O) groups is 1. The summed E-state index contributed by atoms with van der Waals surface area (Å²) in [6, 6.07) is 13.5. The number of nitrogens with zero attached hydrogens (tertiary/aromatic N) is 3. The average molecular weight is 395 g/mol. The van der Waals surface area contributed by atoms with Crippen LogP contribution in [0, 0.1) is 0 Å². The SMILES string of the molecule is CC(=O)Nc1cc(-c2ccc3nc(C=N[S+]([O-])C(C)(C)C)ccc3c2)ccn1. The summed E-state index contributed by atoms with van der Waals surface area (Å²) in [5.74, 6) is 0.357. The molecule has 0 aliphatic carbocycles. The molecule has 144 valence electrons. The van der Waals surface area contributed by atoms with Crippen LogP contribution < -0.4 is 5.32 Å². The van der Waals surface area contributed by atoms with Crippen molar-refractivity contribution >= 4 is 40.2 Å². The highest BCUT2D eigenvalue weighted by Gasteiger charge is 2.25. The highest BCUT2D eigenvalue weighted by Crippen LogP contribution is 2.25. The maximum absolute atomic E-state index is 12.1. The van der Waals surface area contributed by atoms with E-state index in [-0.39, 0.29) is 5.91 Å². The van der Waals surface area contributed by atoms with E-state index in [9.17, 15) is 9.35 Å². The molecule has 0 saturated carbocycles. The Kier molecular flexibility index (Phi) is 5.76. The second-order valence-corrected chi connectivity index (χ2v) is 9.28. The maximum Gasteiger partial charge on any atom is 0.222 e. The zero-order chi connectivity index (χ0) is 20.3. The minimum atomic E-state index is -1.31. The van der Waals surface area contributed by atoms with Gasteiger partial charge in [-0.05, 0) is 62.2 Å². The van der Waals surface area contributed by atoms with Crippen molar-refractivity contribution in [2.75, 3.05) is 5.32 Å². The van der Waals surface area contributed by atoms with Crippen LogP contribution in [0.15, 0.2) is 53.1 Å². The standard InChI is InChI=1S/C21H22N4O2S/c1-14(26)24-20-12-16(9-10-22-20)15-6-8-19-17(11-15)5-7-18(25-19)13-23-28(27)21(2,3)4/h5-13H,1-4H3,(H,22,24,26). The van der Waals surface area contributed by atoms with Gasteiger partial charge in [-0.1, -0.05) is 16.5 Å². The molecular weight excluding hydrogens is 372 g/mol. The molecule has 3 rings (SSSR count). The van der Waals surface area contributed by atoms with Gasteiger partial charge in [-0.3, -0.25) is 4.79 Å². The van der Waals surface area contributed by atoms with Gasteiger partial charge >= 0.3 is 0 Å². The van der Waals surface area contributed by atoms with Gasteiger partial charge in [0.15, 0.2) is 0 Å². The van der Waals surface area contributed by atoms with Crippen molar-refractivity contribution in [3.63, 3.8) is 0 Å². The third-order valence-corrected chi connectivity index (χ3v) is 5.26. The zero-order valence-corrected chi connectivity index (χ0v) is 17.1. The van der Waals surface area contributed by atoms with Crippen LogP contribution in [0.5, 0.6) is 0 Å². The highest BCUT2D eigenvalue weighted by molar-refractivity contribution is 7.91. The number of carbonyl (C=O) groups excluding carboxylic acids is 1. The summed E-state index contributed by atoms with van der Waals surface area (Å²) in [5.41, 5.74) is 3.44. The van der Waals surface area contributed by atoms with Crippen molar-refractivity contribution in [2.45, 2.75) is 32.4 Å². The van der Waals surface area contributed by atoms with Crippen molar-refractivity contribution in [1.82, 2.24) is 9.97 Å². The number of nitrogens with one attached hydrogen (secondary N) is 1. The van der Waals surface area contributed by atoms with Crippen LogP contribution >= 0.6 is 0 Å². The van der Waals surface area contributed by atoms with E-state index in [1.54, 1.807) is 12.4 Å². The van der Waals surface area contributed by atoms with Gasteiger partial charge in [0.25, 0.3) is 0 Å². The number of hydrogen-bond donors (Lipinski definition) is 1. The fraction of sp³-hybridized carbons (Fsp3) is 0.238. The molecule has 2 heterocycles. The van der Waals surface area contributed by atoms with Gasteiger partial charge in [0.05, 0.1) is 11.2 Å². The van der Waals surface area contributed by atoms with Gasteiger partial charge in [0.1, 0.15) is 28.1 Å². The van der Waals surface area contributed by atoms with E-state index in [1.165, 1.54) is 6.92 Å². The predicted molar refractivity (Wildman–Crippen MR) is 115 cm³/mol. The van der Waals surface area contributed by atoms with E-state index in [0.717, 1.165) is 22.0 Å². The zero-order valence-electron chi connectivity index (χ0n) is 16.3. The second-order valence-electron chi connectivity index (χ2n) is 7.35. The van der Waals surface area contributed by atoms with Crippen molar-refractivity contribution < 1.29 is 9.35 Å². The number of rotatable bonds is 4. The molecule has 0 saturated heterocycles. The summed E-state index contributed by atoms with van der Waals surface area (Å²) in [7, 11) is 0. The van der Waals surface area contributed by atoms with E-state index in [0.29, 0.717) is 11.5 Å². The van der Waals surface area contributed by atoms with Crippen LogP contribution in [0.25, 0.3) is 22.0 Å². The largest absolute Gasteiger partial charge is 0.591 e. The summed E-state index contributed by atoms with van der Waals surface area (Å²) in [6.07, 6.45) is 3.22. The van der Waals surface area contributed by atoms with E-state index < -0.39 is 16.1 Å². The number of aromatic nitrogens is 2. The summed E-state index contributed by atoms with van der Waals surface area (Å²) in [5, 5.41) is 3.67. The molecule has 3 aromatic rings. The smallest absolute Gasteiger partial charge is 0.222 e. The lowest BCUT2D eigenvalue weighted by Gasteiger charge is -2.17. The molecule has 1 amide bonds. The Bertz CT molecular complexity index is 1040. The first kappa shape index (κ1) is 20.0. The van der Waals surface area contributed by atoms with E-state index in [4.69, 9.17) is 0 Å².